The van der Waals surface area contributed by atoms with Crippen molar-refractivity contribution in [2.24, 2.45) is 0 Å². The number of hydrogen-bond donors (Lipinski definition) is 2. The maximum absolute atomic E-state index is 12.4. The maximum Gasteiger partial charge on any atom is 0.292 e. The van der Waals surface area contributed by atoms with Crippen LogP contribution in [0.4, 0.5) is 5.69 Å². The molecule has 0 unspecified atom stereocenters. The van der Waals surface area contributed by atoms with E-state index in [1.54, 1.807) is 12.1 Å². The van der Waals surface area contributed by atoms with Crippen LogP contribution in [0.15, 0.2) is 30.3 Å². The van der Waals surface area contributed by atoms with Gasteiger partial charge in [0.1, 0.15) is 26.2 Å². The second-order valence-electron chi connectivity index (χ2n) is 5.85. The molecule has 0 radical (unpaired) electrons. The van der Waals surface area contributed by atoms with Crippen molar-refractivity contribution in [1.82, 2.24) is 0 Å². The standard InChI is InChI=1S/C16H21N3O3/c20-15-12-14(17-6-7-18-8-10-22-11-9-18)16(21)19(15)13-4-2-1-3-5-13/h1-5,14,17H,6-12H2/p+2/t14-/m1/s1. The Balaban J connectivity index is 1.53. The number of nitrogens with one attached hydrogen (secondary N) is 1. The van der Waals surface area contributed by atoms with Crippen molar-refractivity contribution in [2.75, 3.05) is 44.3 Å². The lowest BCUT2D eigenvalue weighted by Gasteiger charge is -2.23. The molecule has 2 heterocycles. The van der Waals surface area contributed by atoms with Crippen LogP contribution < -0.4 is 15.1 Å². The number of anilines is 1. The number of nitrogens with two attached hydrogens (primary N) is 1. The normalized spacial score (nSPS) is 23.3. The zero-order chi connectivity index (χ0) is 15.4. The Kier molecular flexibility index (Phi) is 4.82. The molecule has 2 aliphatic heterocycles. The molecule has 1 aromatic rings. The number of amides is 2. The molecule has 2 fully saturated rings. The zero-order valence-corrected chi connectivity index (χ0v) is 12.7. The van der Waals surface area contributed by atoms with Crippen molar-refractivity contribution < 1.29 is 24.5 Å². The lowest BCUT2D eigenvalue weighted by molar-refractivity contribution is -0.920. The molecule has 0 bridgehead atoms. The maximum atomic E-state index is 12.4. The molecule has 0 spiro atoms. The molecule has 0 saturated carbocycles. The number of rotatable bonds is 5. The molecule has 3 N–H and O–H groups in total. The van der Waals surface area contributed by atoms with Gasteiger partial charge >= 0.3 is 0 Å². The molecule has 6 nitrogen and oxygen atoms in total. The number of imide groups is 1. The Morgan fingerprint density at radius 2 is 1.91 bits per heavy atom. The van der Waals surface area contributed by atoms with Crippen LogP contribution in [0.2, 0.25) is 0 Å². The van der Waals surface area contributed by atoms with Crippen LogP contribution in [-0.4, -0.2) is 57.2 Å². The number of benzene rings is 1. The van der Waals surface area contributed by atoms with Gasteiger partial charge in [0.05, 0.1) is 25.3 Å². The highest BCUT2D eigenvalue weighted by Crippen LogP contribution is 2.20. The summed E-state index contributed by atoms with van der Waals surface area (Å²) in [6.45, 7) is 5.56. The summed E-state index contributed by atoms with van der Waals surface area (Å²) in [4.78, 5) is 27.4. The molecule has 2 amide bonds. The van der Waals surface area contributed by atoms with Crippen molar-refractivity contribution in [3.8, 4) is 0 Å². The third-order valence-electron chi connectivity index (χ3n) is 4.34. The quantitative estimate of drug-likeness (QED) is 0.607. The van der Waals surface area contributed by atoms with Crippen molar-refractivity contribution in [3.63, 3.8) is 0 Å². The van der Waals surface area contributed by atoms with E-state index < -0.39 is 0 Å². The van der Waals surface area contributed by atoms with Crippen LogP contribution in [-0.2, 0) is 14.3 Å². The first-order valence-electron chi connectivity index (χ1n) is 7.92. The predicted octanol–water partition coefficient (Wildman–Crippen LogP) is -2.20. The smallest absolute Gasteiger partial charge is 0.292 e. The van der Waals surface area contributed by atoms with Gasteiger partial charge in [-0.3, -0.25) is 9.59 Å². The van der Waals surface area contributed by atoms with E-state index in [0.717, 1.165) is 39.4 Å². The van der Waals surface area contributed by atoms with Gasteiger partial charge in [-0.15, -0.1) is 0 Å². The minimum absolute atomic E-state index is 0.0897. The van der Waals surface area contributed by atoms with Gasteiger partial charge in [0.2, 0.25) is 5.91 Å². The van der Waals surface area contributed by atoms with Crippen LogP contribution in [0.25, 0.3) is 0 Å². The van der Waals surface area contributed by atoms with E-state index in [1.807, 2.05) is 23.5 Å². The monoisotopic (exact) mass is 305 g/mol. The molecule has 22 heavy (non-hydrogen) atoms. The summed E-state index contributed by atoms with van der Waals surface area (Å²) in [5.74, 6) is -0.190. The van der Waals surface area contributed by atoms with E-state index in [1.165, 1.54) is 9.80 Å². The van der Waals surface area contributed by atoms with Crippen molar-refractivity contribution >= 4 is 17.5 Å². The van der Waals surface area contributed by atoms with E-state index in [-0.39, 0.29) is 17.9 Å². The Bertz CT molecular complexity index is 529. The molecule has 2 aliphatic rings. The fraction of sp³-hybridized carbons (Fsp3) is 0.500. The van der Waals surface area contributed by atoms with Crippen LogP contribution in [0.5, 0.6) is 0 Å². The lowest BCUT2D eigenvalue weighted by Crippen LogP contribution is -3.16. The fourth-order valence-electron chi connectivity index (χ4n) is 3.09. The molecule has 0 aromatic heterocycles. The van der Waals surface area contributed by atoms with Gasteiger partial charge in [-0.25, -0.2) is 4.90 Å². The number of morpholine rings is 1. The largest absolute Gasteiger partial charge is 0.370 e. The third-order valence-corrected chi connectivity index (χ3v) is 4.34. The predicted molar refractivity (Wildman–Crippen MR) is 80.5 cm³/mol. The average molecular weight is 305 g/mol. The Morgan fingerprint density at radius 1 is 1.18 bits per heavy atom. The molecule has 1 atom stereocenters. The van der Waals surface area contributed by atoms with Gasteiger partial charge in [0.25, 0.3) is 5.91 Å². The zero-order valence-electron chi connectivity index (χ0n) is 12.7. The first-order chi connectivity index (χ1) is 10.8. The van der Waals surface area contributed by atoms with E-state index in [4.69, 9.17) is 4.74 Å². The van der Waals surface area contributed by atoms with Crippen molar-refractivity contribution in [3.05, 3.63) is 30.3 Å². The minimum Gasteiger partial charge on any atom is -0.370 e. The molecule has 118 valence electrons. The SMILES string of the molecule is O=C1C[C@@H]([NH2+]CC[NH+]2CCOCC2)C(=O)N1c1ccccc1. The van der Waals surface area contributed by atoms with Crippen LogP contribution >= 0.6 is 0 Å². The van der Waals surface area contributed by atoms with E-state index in [2.05, 4.69) is 0 Å². The van der Waals surface area contributed by atoms with Gasteiger partial charge in [0, 0.05) is 0 Å². The highest BCUT2D eigenvalue weighted by atomic mass is 16.5. The van der Waals surface area contributed by atoms with Crippen LogP contribution in [0, 0.1) is 0 Å². The number of nitrogens with zero attached hydrogens (tertiary/aromatic N) is 1. The number of ether oxygens (including phenoxy) is 1. The summed E-state index contributed by atoms with van der Waals surface area (Å²) in [6.07, 6.45) is 0.298. The number of carbonyl (C=O) groups is 2. The molecular formula is C16H23N3O3+2. The topological polar surface area (TPSA) is 67.7 Å². The van der Waals surface area contributed by atoms with Gasteiger partial charge in [0.15, 0.2) is 6.04 Å². The Morgan fingerprint density at radius 3 is 2.64 bits per heavy atom. The molecular weight excluding hydrogens is 282 g/mol. The summed E-state index contributed by atoms with van der Waals surface area (Å²) in [5, 5.41) is 2.02. The highest BCUT2D eigenvalue weighted by Gasteiger charge is 2.42. The van der Waals surface area contributed by atoms with Gasteiger partial charge in [-0.2, -0.15) is 0 Å². The van der Waals surface area contributed by atoms with Gasteiger partial charge < -0.3 is 15.0 Å². The fourth-order valence-corrected chi connectivity index (χ4v) is 3.09. The molecule has 2 saturated heterocycles. The molecule has 6 heteroatoms. The van der Waals surface area contributed by atoms with Crippen molar-refractivity contribution in [1.29, 1.82) is 0 Å². The second-order valence-corrected chi connectivity index (χ2v) is 5.85. The molecule has 0 aliphatic carbocycles. The number of para-hydroxylation sites is 1. The summed E-state index contributed by atoms with van der Waals surface area (Å²) < 4.78 is 5.34. The number of quaternary nitrogens is 2. The number of carbonyl (C=O) groups excluding carboxylic acids is 2. The average Bonchev–Trinajstić information content (AvgIpc) is 2.83. The van der Waals surface area contributed by atoms with Crippen molar-refractivity contribution in [2.45, 2.75) is 12.5 Å². The van der Waals surface area contributed by atoms with E-state index >= 15 is 0 Å². The van der Waals surface area contributed by atoms with Crippen LogP contribution in [0.1, 0.15) is 6.42 Å². The first kappa shape index (κ1) is 15.1. The summed E-state index contributed by atoms with van der Waals surface area (Å²) in [7, 11) is 0. The molecule has 1 aromatic carbocycles. The Labute approximate surface area is 130 Å². The first-order valence-corrected chi connectivity index (χ1v) is 7.92. The number of hydrogen-bond acceptors (Lipinski definition) is 3. The van der Waals surface area contributed by atoms with Crippen LogP contribution in [0.3, 0.4) is 0 Å². The Hall–Kier alpha value is -1.76. The summed E-state index contributed by atoms with van der Waals surface area (Å²) in [5.41, 5.74) is 0.673. The lowest BCUT2D eigenvalue weighted by atomic mass is 10.2. The summed E-state index contributed by atoms with van der Waals surface area (Å²) in [6, 6.07) is 8.90. The third kappa shape index (κ3) is 3.35. The second kappa shape index (κ2) is 7.00. The highest BCUT2D eigenvalue weighted by molar-refractivity contribution is 6.21. The minimum atomic E-state index is -0.270. The van der Waals surface area contributed by atoms with E-state index in [0.29, 0.717) is 12.1 Å². The summed E-state index contributed by atoms with van der Waals surface area (Å²) >= 11 is 0. The molecule has 3 rings (SSSR count). The van der Waals surface area contributed by atoms with Gasteiger partial charge in [-0.05, 0) is 12.1 Å². The van der Waals surface area contributed by atoms with Gasteiger partial charge in [-0.1, -0.05) is 18.2 Å². The van der Waals surface area contributed by atoms with E-state index in [9.17, 15) is 9.59 Å².